The molecule has 3 aromatic rings. The first kappa shape index (κ1) is 12.7. The average Bonchev–Trinajstić information content (AvgIpc) is 2.92. The maximum absolute atomic E-state index is 13.3. The molecule has 0 spiro atoms. The summed E-state index contributed by atoms with van der Waals surface area (Å²) in [4.78, 5) is 0. The van der Waals surface area contributed by atoms with Crippen LogP contribution in [0.5, 0.6) is 0 Å². The van der Waals surface area contributed by atoms with Crippen LogP contribution in [0.2, 0.25) is 0 Å². The van der Waals surface area contributed by atoms with E-state index in [0.29, 0.717) is 0 Å². The van der Waals surface area contributed by atoms with E-state index in [1.54, 1.807) is 18.3 Å². The van der Waals surface area contributed by atoms with E-state index in [1.807, 2.05) is 24.3 Å². The maximum Gasteiger partial charge on any atom is 0.123 e. The van der Waals surface area contributed by atoms with Gasteiger partial charge in [0.15, 0.2) is 0 Å². The van der Waals surface area contributed by atoms with Crippen LogP contribution < -0.4 is 5.32 Å². The van der Waals surface area contributed by atoms with Crippen molar-refractivity contribution in [3.05, 3.63) is 60.0 Å². The molecule has 0 aliphatic heterocycles. The minimum atomic E-state index is -0.202. The first-order chi connectivity index (χ1) is 9.76. The van der Waals surface area contributed by atoms with Crippen molar-refractivity contribution in [2.45, 2.75) is 19.4 Å². The summed E-state index contributed by atoms with van der Waals surface area (Å²) in [5, 5.41) is 11.5. The number of hydrogen-bond acceptors (Lipinski definition) is 2. The number of aromatic nitrogens is 2. The molecule has 1 heterocycles. The molecule has 20 heavy (non-hydrogen) atoms. The first-order valence-electron chi connectivity index (χ1n) is 6.71. The molecule has 0 saturated carbocycles. The van der Waals surface area contributed by atoms with Gasteiger partial charge in [0.2, 0.25) is 0 Å². The number of nitrogens with zero attached hydrogens (tertiary/aromatic N) is 1. The monoisotopic (exact) mass is 269 g/mol. The fourth-order valence-electron chi connectivity index (χ4n) is 2.37. The normalized spacial score (nSPS) is 12.5. The summed E-state index contributed by atoms with van der Waals surface area (Å²) in [6.07, 6.45) is 2.67. The van der Waals surface area contributed by atoms with E-state index in [4.69, 9.17) is 0 Å². The van der Waals surface area contributed by atoms with Crippen LogP contribution >= 0.6 is 0 Å². The molecule has 4 heteroatoms. The van der Waals surface area contributed by atoms with Crippen LogP contribution in [0, 0.1) is 5.82 Å². The molecule has 0 saturated heterocycles. The molecule has 102 valence electrons. The van der Waals surface area contributed by atoms with E-state index in [2.05, 4.69) is 22.4 Å². The highest BCUT2D eigenvalue weighted by Gasteiger charge is 2.10. The highest BCUT2D eigenvalue weighted by Crippen LogP contribution is 2.25. The fraction of sp³-hybridized carbons (Fsp3) is 0.188. The molecule has 1 aromatic heterocycles. The number of rotatable bonds is 4. The Hall–Kier alpha value is -2.36. The molecule has 0 radical (unpaired) electrons. The number of anilines is 1. The van der Waals surface area contributed by atoms with Gasteiger partial charge >= 0.3 is 0 Å². The second-order valence-electron chi connectivity index (χ2n) is 4.83. The molecular weight excluding hydrogens is 253 g/mol. The van der Waals surface area contributed by atoms with E-state index in [9.17, 15) is 4.39 Å². The lowest BCUT2D eigenvalue weighted by Gasteiger charge is -2.19. The number of benzene rings is 2. The Morgan fingerprint density at radius 3 is 2.95 bits per heavy atom. The Labute approximate surface area is 116 Å². The van der Waals surface area contributed by atoms with Crippen LogP contribution in [-0.4, -0.2) is 10.2 Å². The topological polar surface area (TPSA) is 40.7 Å². The summed E-state index contributed by atoms with van der Waals surface area (Å²) in [5.74, 6) is -0.202. The summed E-state index contributed by atoms with van der Waals surface area (Å²) < 4.78 is 13.3. The predicted molar refractivity (Wildman–Crippen MR) is 79.1 cm³/mol. The lowest BCUT2D eigenvalue weighted by molar-refractivity contribution is 0.621. The Kier molecular flexibility index (Phi) is 3.37. The van der Waals surface area contributed by atoms with Crippen LogP contribution in [0.3, 0.4) is 0 Å². The second kappa shape index (κ2) is 5.33. The lowest BCUT2D eigenvalue weighted by Crippen LogP contribution is -2.09. The third kappa shape index (κ3) is 2.50. The van der Waals surface area contributed by atoms with Crippen molar-refractivity contribution in [2.24, 2.45) is 0 Å². The molecule has 3 rings (SSSR count). The SMILES string of the molecule is CCC(Nc1ccc2cn[nH]c2c1)c1cccc(F)c1. The summed E-state index contributed by atoms with van der Waals surface area (Å²) in [6, 6.07) is 12.9. The van der Waals surface area contributed by atoms with Crippen molar-refractivity contribution < 1.29 is 4.39 Å². The van der Waals surface area contributed by atoms with Crippen LogP contribution in [0.25, 0.3) is 10.9 Å². The number of H-pyrrole nitrogens is 1. The van der Waals surface area contributed by atoms with Crippen molar-refractivity contribution in [1.82, 2.24) is 10.2 Å². The van der Waals surface area contributed by atoms with Gasteiger partial charge in [-0.15, -0.1) is 0 Å². The van der Waals surface area contributed by atoms with Crippen LogP contribution in [-0.2, 0) is 0 Å². The molecule has 1 atom stereocenters. The van der Waals surface area contributed by atoms with Crippen molar-refractivity contribution in [3.63, 3.8) is 0 Å². The smallest absolute Gasteiger partial charge is 0.123 e. The van der Waals surface area contributed by atoms with Gasteiger partial charge in [0.25, 0.3) is 0 Å². The Balaban J connectivity index is 1.87. The van der Waals surface area contributed by atoms with Crippen molar-refractivity contribution in [3.8, 4) is 0 Å². The third-order valence-corrected chi connectivity index (χ3v) is 3.44. The molecule has 1 unspecified atom stereocenters. The van der Waals surface area contributed by atoms with Crippen molar-refractivity contribution in [2.75, 3.05) is 5.32 Å². The zero-order valence-electron chi connectivity index (χ0n) is 11.2. The van der Waals surface area contributed by atoms with Gasteiger partial charge < -0.3 is 5.32 Å². The van der Waals surface area contributed by atoms with E-state index >= 15 is 0 Å². The quantitative estimate of drug-likeness (QED) is 0.742. The standard InChI is InChI=1S/C16H16FN3/c1-2-15(11-4-3-5-13(17)8-11)19-14-7-6-12-10-18-20-16(12)9-14/h3-10,15,19H,2H2,1H3,(H,18,20). The van der Waals surface area contributed by atoms with Gasteiger partial charge in [-0.2, -0.15) is 5.10 Å². The van der Waals surface area contributed by atoms with Crippen LogP contribution in [0.4, 0.5) is 10.1 Å². The zero-order valence-corrected chi connectivity index (χ0v) is 11.2. The Morgan fingerprint density at radius 1 is 1.25 bits per heavy atom. The summed E-state index contributed by atoms with van der Waals surface area (Å²) in [5.41, 5.74) is 2.94. The van der Waals surface area contributed by atoms with Gasteiger partial charge in [0.05, 0.1) is 17.8 Å². The summed E-state index contributed by atoms with van der Waals surface area (Å²) in [6.45, 7) is 2.08. The van der Waals surface area contributed by atoms with Gasteiger partial charge in [-0.05, 0) is 42.3 Å². The fourth-order valence-corrected chi connectivity index (χ4v) is 2.37. The number of hydrogen-bond donors (Lipinski definition) is 2. The Morgan fingerprint density at radius 2 is 2.15 bits per heavy atom. The molecule has 0 aliphatic carbocycles. The van der Waals surface area contributed by atoms with Gasteiger partial charge in [0.1, 0.15) is 5.82 Å². The van der Waals surface area contributed by atoms with Gasteiger partial charge in [-0.3, -0.25) is 5.10 Å². The van der Waals surface area contributed by atoms with E-state index in [0.717, 1.165) is 28.6 Å². The molecule has 0 fully saturated rings. The van der Waals surface area contributed by atoms with E-state index < -0.39 is 0 Å². The molecule has 3 nitrogen and oxygen atoms in total. The molecule has 0 bridgehead atoms. The van der Waals surface area contributed by atoms with Gasteiger partial charge in [-0.1, -0.05) is 19.1 Å². The largest absolute Gasteiger partial charge is 0.378 e. The lowest BCUT2D eigenvalue weighted by atomic mass is 10.0. The van der Waals surface area contributed by atoms with Gasteiger partial charge in [-0.25, -0.2) is 4.39 Å². The van der Waals surface area contributed by atoms with Crippen LogP contribution in [0.1, 0.15) is 24.9 Å². The molecule has 2 aromatic carbocycles. The maximum atomic E-state index is 13.3. The predicted octanol–water partition coefficient (Wildman–Crippen LogP) is 4.27. The summed E-state index contributed by atoms with van der Waals surface area (Å²) in [7, 11) is 0. The molecule has 0 amide bonds. The number of halogens is 1. The number of fused-ring (bicyclic) bond motifs is 1. The van der Waals surface area contributed by atoms with Gasteiger partial charge in [0, 0.05) is 11.1 Å². The average molecular weight is 269 g/mol. The Bertz CT molecular complexity index is 720. The second-order valence-corrected chi connectivity index (χ2v) is 4.83. The molecular formula is C16H16FN3. The minimum Gasteiger partial charge on any atom is -0.378 e. The highest BCUT2D eigenvalue weighted by molar-refractivity contribution is 5.81. The van der Waals surface area contributed by atoms with Crippen molar-refractivity contribution in [1.29, 1.82) is 0 Å². The third-order valence-electron chi connectivity index (χ3n) is 3.44. The van der Waals surface area contributed by atoms with Crippen LogP contribution in [0.15, 0.2) is 48.7 Å². The minimum absolute atomic E-state index is 0.0890. The molecule has 0 aliphatic rings. The van der Waals surface area contributed by atoms with E-state index in [-0.39, 0.29) is 11.9 Å². The summed E-state index contributed by atoms with van der Waals surface area (Å²) >= 11 is 0. The van der Waals surface area contributed by atoms with E-state index in [1.165, 1.54) is 6.07 Å². The number of aromatic amines is 1. The zero-order chi connectivity index (χ0) is 13.9. The van der Waals surface area contributed by atoms with Crippen molar-refractivity contribution >= 4 is 16.6 Å². The highest BCUT2D eigenvalue weighted by atomic mass is 19.1. The molecule has 2 N–H and O–H groups in total. The first-order valence-corrected chi connectivity index (χ1v) is 6.71. The number of nitrogens with one attached hydrogen (secondary N) is 2.